The Bertz CT molecular complexity index is 843. The third kappa shape index (κ3) is 2.90. The lowest BCUT2D eigenvalue weighted by Gasteiger charge is -2.09. The van der Waals surface area contributed by atoms with E-state index >= 15 is 0 Å². The number of halogens is 2. The van der Waals surface area contributed by atoms with Gasteiger partial charge in [0.1, 0.15) is 5.82 Å². The van der Waals surface area contributed by atoms with Crippen LogP contribution in [0.2, 0.25) is 5.02 Å². The first-order valence-electron chi connectivity index (χ1n) is 6.43. The molecule has 1 aromatic heterocycles. The lowest BCUT2D eigenvalue weighted by molar-refractivity contribution is 0.636. The van der Waals surface area contributed by atoms with Crippen LogP contribution in [0.4, 0.5) is 10.1 Å². The number of anilines is 1. The van der Waals surface area contributed by atoms with Gasteiger partial charge in [0.2, 0.25) is 5.56 Å². The van der Waals surface area contributed by atoms with Crippen LogP contribution in [0.3, 0.4) is 0 Å². The van der Waals surface area contributed by atoms with Crippen molar-refractivity contribution in [3.05, 3.63) is 75.3 Å². The molecule has 0 aliphatic heterocycles. The second-order valence-corrected chi connectivity index (χ2v) is 5.12. The van der Waals surface area contributed by atoms with Crippen LogP contribution in [0.1, 0.15) is 5.56 Å². The summed E-state index contributed by atoms with van der Waals surface area (Å²) in [5.74, 6) is -0.432. The van der Waals surface area contributed by atoms with Gasteiger partial charge in [0, 0.05) is 28.7 Å². The van der Waals surface area contributed by atoms with E-state index in [-0.39, 0.29) is 11.1 Å². The summed E-state index contributed by atoms with van der Waals surface area (Å²) in [6.45, 7) is 0.422. The third-order valence-electron chi connectivity index (χ3n) is 3.24. The Balaban J connectivity index is 1.95. The maximum absolute atomic E-state index is 13.7. The van der Waals surface area contributed by atoms with Crippen LogP contribution in [0.15, 0.2) is 53.3 Å². The van der Waals surface area contributed by atoms with Crippen molar-refractivity contribution >= 4 is 28.2 Å². The molecule has 0 unspecified atom stereocenters. The number of H-pyrrole nitrogens is 1. The van der Waals surface area contributed by atoms with E-state index in [4.69, 9.17) is 11.6 Å². The van der Waals surface area contributed by atoms with Gasteiger partial charge in [-0.2, -0.15) is 0 Å². The number of aromatic nitrogens is 1. The second-order valence-electron chi connectivity index (χ2n) is 4.68. The maximum Gasteiger partial charge on any atom is 0.248 e. The Morgan fingerprint density at radius 3 is 2.67 bits per heavy atom. The van der Waals surface area contributed by atoms with Crippen LogP contribution >= 0.6 is 11.6 Å². The minimum absolute atomic E-state index is 0.234. The van der Waals surface area contributed by atoms with Gasteiger partial charge in [-0.25, -0.2) is 4.39 Å². The van der Waals surface area contributed by atoms with Gasteiger partial charge < -0.3 is 10.3 Å². The molecule has 2 aromatic carbocycles. The molecule has 0 radical (unpaired) electrons. The summed E-state index contributed by atoms with van der Waals surface area (Å²) in [6, 6.07) is 13.5. The van der Waals surface area contributed by atoms with E-state index in [9.17, 15) is 9.18 Å². The van der Waals surface area contributed by atoms with Gasteiger partial charge >= 0.3 is 0 Å². The van der Waals surface area contributed by atoms with Crippen molar-refractivity contribution in [3.8, 4) is 0 Å². The second kappa shape index (κ2) is 5.58. The number of pyridine rings is 1. The molecular formula is C16H12ClFN2O. The minimum atomic E-state index is -0.432. The normalized spacial score (nSPS) is 10.8. The molecule has 0 aliphatic rings. The molecular weight excluding hydrogens is 291 g/mol. The molecule has 0 saturated carbocycles. The zero-order chi connectivity index (χ0) is 14.8. The van der Waals surface area contributed by atoms with E-state index in [0.29, 0.717) is 17.0 Å². The number of aromatic amines is 1. The zero-order valence-electron chi connectivity index (χ0n) is 11.0. The molecule has 5 heteroatoms. The SMILES string of the molecule is O=c1cc(CNc2ccc(Cl)cc2)c2cccc(F)c2[nH]1. The number of fused-ring (bicyclic) bond motifs is 1. The van der Waals surface area contributed by atoms with Crippen molar-refractivity contribution in [2.75, 3.05) is 5.32 Å². The van der Waals surface area contributed by atoms with Gasteiger partial charge in [0.15, 0.2) is 0 Å². The maximum atomic E-state index is 13.7. The summed E-state index contributed by atoms with van der Waals surface area (Å²) in [5.41, 5.74) is 1.53. The lowest BCUT2D eigenvalue weighted by atomic mass is 10.1. The Hall–Kier alpha value is -2.33. The largest absolute Gasteiger partial charge is 0.381 e. The van der Waals surface area contributed by atoms with Crippen molar-refractivity contribution in [1.82, 2.24) is 4.98 Å². The first-order chi connectivity index (χ1) is 10.1. The zero-order valence-corrected chi connectivity index (χ0v) is 11.7. The molecule has 0 bridgehead atoms. The van der Waals surface area contributed by atoms with Gasteiger partial charge in [-0.1, -0.05) is 23.7 Å². The van der Waals surface area contributed by atoms with Crippen molar-refractivity contribution in [2.24, 2.45) is 0 Å². The fourth-order valence-electron chi connectivity index (χ4n) is 2.23. The van der Waals surface area contributed by atoms with Crippen LogP contribution in [0.25, 0.3) is 10.9 Å². The molecule has 0 atom stereocenters. The molecule has 0 aliphatic carbocycles. The summed E-state index contributed by atoms with van der Waals surface area (Å²) >= 11 is 5.83. The summed E-state index contributed by atoms with van der Waals surface area (Å²) in [5, 5.41) is 4.54. The molecule has 21 heavy (non-hydrogen) atoms. The summed E-state index contributed by atoms with van der Waals surface area (Å²) in [6.07, 6.45) is 0. The molecule has 0 spiro atoms. The van der Waals surface area contributed by atoms with Gasteiger partial charge in [0.05, 0.1) is 5.52 Å². The predicted molar refractivity (Wildman–Crippen MR) is 83.3 cm³/mol. The fraction of sp³-hybridized carbons (Fsp3) is 0.0625. The van der Waals surface area contributed by atoms with Gasteiger partial charge in [-0.3, -0.25) is 4.79 Å². The minimum Gasteiger partial charge on any atom is -0.381 e. The number of rotatable bonds is 3. The first-order valence-corrected chi connectivity index (χ1v) is 6.81. The van der Waals surface area contributed by atoms with E-state index in [2.05, 4.69) is 10.3 Å². The highest BCUT2D eigenvalue weighted by Gasteiger charge is 2.07. The van der Waals surface area contributed by atoms with E-state index in [1.54, 1.807) is 24.3 Å². The molecule has 1 heterocycles. The summed E-state index contributed by atoms with van der Waals surface area (Å²) in [4.78, 5) is 14.2. The fourth-order valence-corrected chi connectivity index (χ4v) is 2.35. The smallest absolute Gasteiger partial charge is 0.248 e. The molecule has 0 fully saturated rings. The van der Waals surface area contributed by atoms with Crippen LogP contribution in [-0.2, 0) is 6.54 Å². The number of hydrogen-bond acceptors (Lipinski definition) is 2. The predicted octanol–water partition coefficient (Wildman–Crippen LogP) is 3.93. The quantitative estimate of drug-likeness (QED) is 0.770. The molecule has 106 valence electrons. The average Bonchev–Trinajstić information content (AvgIpc) is 2.47. The van der Waals surface area contributed by atoms with E-state index in [0.717, 1.165) is 11.3 Å². The number of benzene rings is 2. The number of hydrogen-bond donors (Lipinski definition) is 2. The van der Waals surface area contributed by atoms with Crippen LogP contribution in [-0.4, -0.2) is 4.98 Å². The Morgan fingerprint density at radius 2 is 1.90 bits per heavy atom. The third-order valence-corrected chi connectivity index (χ3v) is 3.49. The Kier molecular flexibility index (Phi) is 3.62. The Morgan fingerprint density at radius 1 is 1.14 bits per heavy atom. The molecule has 3 rings (SSSR count). The van der Waals surface area contributed by atoms with Crippen molar-refractivity contribution in [1.29, 1.82) is 0 Å². The Labute approximate surface area is 125 Å². The highest BCUT2D eigenvalue weighted by atomic mass is 35.5. The monoisotopic (exact) mass is 302 g/mol. The molecule has 3 nitrogen and oxygen atoms in total. The van der Waals surface area contributed by atoms with Crippen LogP contribution in [0.5, 0.6) is 0 Å². The van der Waals surface area contributed by atoms with Crippen molar-refractivity contribution < 1.29 is 4.39 Å². The van der Waals surface area contributed by atoms with E-state index in [1.165, 1.54) is 12.1 Å². The molecule has 0 saturated heterocycles. The van der Waals surface area contributed by atoms with Crippen molar-refractivity contribution in [2.45, 2.75) is 6.54 Å². The number of para-hydroxylation sites is 1. The standard InChI is InChI=1S/C16H12ClFN2O/c17-11-4-6-12(7-5-11)19-9-10-8-15(21)20-16-13(10)2-1-3-14(16)18/h1-8,19H,9H2,(H,20,21). The van der Waals surface area contributed by atoms with Crippen LogP contribution < -0.4 is 10.9 Å². The first kappa shape index (κ1) is 13.6. The molecule has 0 amide bonds. The summed E-state index contributed by atoms with van der Waals surface area (Å²) in [7, 11) is 0. The highest BCUT2D eigenvalue weighted by Crippen LogP contribution is 2.20. The van der Waals surface area contributed by atoms with Gasteiger partial charge in [-0.05, 0) is 35.9 Å². The summed E-state index contributed by atoms with van der Waals surface area (Å²) < 4.78 is 13.7. The highest BCUT2D eigenvalue weighted by molar-refractivity contribution is 6.30. The van der Waals surface area contributed by atoms with E-state index < -0.39 is 5.82 Å². The number of nitrogens with one attached hydrogen (secondary N) is 2. The van der Waals surface area contributed by atoms with Crippen LogP contribution in [0, 0.1) is 5.82 Å². The molecule has 2 N–H and O–H groups in total. The average molecular weight is 303 g/mol. The van der Waals surface area contributed by atoms with Gasteiger partial charge in [0.25, 0.3) is 0 Å². The lowest BCUT2D eigenvalue weighted by Crippen LogP contribution is -2.10. The molecule has 3 aromatic rings. The van der Waals surface area contributed by atoms with E-state index in [1.807, 2.05) is 12.1 Å². The van der Waals surface area contributed by atoms with Gasteiger partial charge in [-0.15, -0.1) is 0 Å². The topological polar surface area (TPSA) is 44.9 Å². The van der Waals surface area contributed by atoms with Crippen molar-refractivity contribution in [3.63, 3.8) is 0 Å².